The molecule has 0 amide bonds. The quantitative estimate of drug-likeness (QED) is 0.781. The largest absolute Gasteiger partial charge is 0.573 e. The number of benzene rings is 1. The number of hydrogen-bond acceptors (Lipinski definition) is 4. The number of alkyl halides is 3. The van der Waals surface area contributed by atoms with Crippen molar-refractivity contribution in [1.82, 2.24) is 4.72 Å². The first-order chi connectivity index (χ1) is 9.24. The Balaban J connectivity index is 2.67. The second-order valence-corrected chi connectivity index (χ2v) is 5.38. The van der Waals surface area contributed by atoms with Crippen molar-refractivity contribution in [3.05, 3.63) is 24.3 Å². The first-order valence-corrected chi connectivity index (χ1v) is 7.16. The van der Waals surface area contributed by atoms with Gasteiger partial charge >= 0.3 is 6.36 Å². The fourth-order valence-corrected chi connectivity index (χ4v) is 2.31. The minimum absolute atomic E-state index is 0.0803. The molecule has 0 aromatic heterocycles. The van der Waals surface area contributed by atoms with Crippen molar-refractivity contribution < 1.29 is 31.1 Å². The van der Waals surface area contributed by atoms with Crippen molar-refractivity contribution in [3.8, 4) is 5.75 Å². The van der Waals surface area contributed by atoms with E-state index in [1.54, 1.807) is 6.92 Å². The lowest BCUT2D eigenvalue weighted by atomic mass is 10.3. The van der Waals surface area contributed by atoms with Crippen LogP contribution in [-0.2, 0) is 14.8 Å². The average Bonchev–Trinajstić information content (AvgIpc) is 2.33. The molecule has 5 nitrogen and oxygen atoms in total. The number of nitrogens with one attached hydrogen (secondary N) is 1. The highest BCUT2D eigenvalue weighted by atomic mass is 32.2. The molecule has 1 rings (SSSR count). The van der Waals surface area contributed by atoms with E-state index in [0.29, 0.717) is 6.61 Å². The van der Waals surface area contributed by atoms with Gasteiger partial charge in [-0.3, -0.25) is 0 Å². The summed E-state index contributed by atoms with van der Waals surface area (Å²) in [6, 6.07) is 3.93. The van der Waals surface area contributed by atoms with E-state index in [1.807, 2.05) is 0 Å². The molecule has 0 aliphatic carbocycles. The molecule has 1 aromatic rings. The molecule has 0 saturated heterocycles. The predicted molar refractivity (Wildman–Crippen MR) is 64.8 cm³/mol. The minimum atomic E-state index is -4.81. The van der Waals surface area contributed by atoms with E-state index in [0.717, 1.165) is 24.3 Å². The van der Waals surface area contributed by atoms with Crippen LogP contribution in [0, 0.1) is 0 Å². The Labute approximate surface area is 114 Å². The maximum Gasteiger partial charge on any atom is 0.573 e. The topological polar surface area (TPSA) is 64.6 Å². The standard InChI is InChI=1S/C11H14F3NO4S/c1-2-18-8-7-15-20(16,17)10-5-3-9(4-6-10)19-11(12,13)14/h3-6,15H,2,7-8H2,1H3. The Morgan fingerprint density at radius 1 is 1.20 bits per heavy atom. The molecule has 0 fully saturated rings. The zero-order valence-electron chi connectivity index (χ0n) is 10.6. The molecule has 0 atom stereocenters. The van der Waals surface area contributed by atoms with Gasteiger partial charge in [-0.1, -0.05) is 0 Å². The molecule has 0 heterocycles. The zero-order chi connectivity index (χ0) is 15.2. The summed E-state index contributed by atoms with van der Waals surface area (Å²) in [7, 11) is -3.77. The van der Waals surface area contributed by atoms with Crippen molar-refractivity contribution in [2.24, 2.45) is 0 Å². The highest BCUT2D eigenvalue weighted by molar-refractivity contribution is 7.89. The van der Waals surface area contributed by atoms with Gasteiger partial charge in [-0.15, -0.1) is 13.2 Å². The summed E-state index contributed by atoms with van der Waals surface area (Å²) in [5.41, 5.74) is 0. The Morgan fingerprint density at radius 2 is 1.80 bits per heavy atom. The van der Waals surface area contributed by atoms with E-state index in [4.69, 9.17) is 4.74 Å². The third kappa shape index (κ3) is 5.76. The number of rotatable bonds is 7. The molecule has 0 saturated carbocycles. The lowest BCUT2D eigenvalue weighted by Crippen LogP contribution is -2.27. The second-order valence-electron chi connectivity index (χ2n) is 3.61. The average molecular weight is 313 g/mol. The summed E-state index contributed by atoms with van der Waals surface area (Å²) >= 11 is 0. The Hall–Kier alpha value is -1.32. The summed E-state index contributed by atoms with van der Waals surface area (Å²) < 4.78 is 70.2. The molecular formula is C11H14F3NO4S. The Kier molecular flexibility index (Phi) is 5.78. The second kappa shape index (κ2) is 6.91. The van der Waals surface area contributed by atoms with Crippen LogP contribution in [0.4, 0.5) is 13.2 Å². The number of halogens is 3. The van der Waals surface area contributed by atoms with Gasteiger partial charge in [-0.25, -0.2) is 13.1 Å². The maximum absolute atomic E-state index is 11.9. The fourth-order valence-electron chi connectivity index (χ4n) is 1.30. The lowest BCUT2D eigenvalue weighted by Gasteiger charge is -2.10. The van der Waals surface area contributed by atoms with E-state index in [-0.39, 0.29) is 18.0 Å². The molecule has 0 aliphatic heterocycles. The molecular weight excluding hydrogens is 299 g/mol. The van der Waals surface area contributed by atoms with Gasteiger partial charge < -0.3 is 9.47 Å². The molecule has 1 aromatic carbocycles. The van der Waals surface area contributed by atoms with Crippen LogP contribution >= 0.6 is 0 Å². The van der Waals surface area contributed by atoms with Crippen molar-refractivity contribution in [3.63, 3.8) is 0 Å². The van der Waals surface area contributed by atoms with Gasteiger partial charge in [0.2, 0.25) is 10.0 Å². The van der Waals surface area contributed by atoms with E-state index in [1.165, 1.54) is 0 Å². The summed E-state index contributed by atoms with van der Waals surface area (Å²) in [4.78, 5) is -0.150. The van der Waals surface area contributed by atoms with Crippen molar-refractivity contribution in [2.75, 3.05) is 19.8 Å². The fraction of sp³-hybridized carbons (Fsp3) is 0.455. The van der Waals surface area contributed by atoms with Gasteiger partial charge in [-0.2, -0.15) is 0 Å². The van der Waals surface area contributed by atoms with Crippen molar-refractivity contribution >= 4 is 10.0 Å². The van der Waals surface area contributed by atoms with Crippen molar-refractivity contribution in [2.45, 2.75) is 18.2 Å². The Morgan fingerprint density at radius 3 is 2.30 bits per heavy atom. The molecule has 0 radical (unpaired) electrons. The van der Waals surface area contributed by atoms with Crippen molar-refractivity contribution in [1.29, 1.82) is 0 Å². The smallest absolute Gasteiger partial charge is 0.406 e. The van der Waals surface area contributed by atoms with Crippen LogP contribution < -0.4 is 9.46 Å². The number of sulfonamides is 1. The van der Waals surface area contributed by atoms with Gasteiger partial charge in [0.15, 0.2) is 0 Å². The van der Waals surface area contributed by atoms with E-state index in [9.17, 15) is 21.6 Å². The van der Waals surface area contributed by atoms with E-state index >= 15 is 0 Å². The predicted octanol–water partition coefficient (Wildman–Crippen LogP) is 1.90. The summed E-state index contributed by atoms with van der Waals surface area (Å²) in [5, 5.41) is 0. The maximum atomic E-state index is 11.9. The summed E-state index contributed by atoms with van der Waals surface area (Å²) in [5.74, 6) is -0.481. The normalized spacial score (nSPS) is 12.4. The summed E-state index contributed by atoms with van der Waals surface area (Å²) in [6.07, 6.45) is -4.81. The third-order valence-electron chi connectivity index (χ3n) is 2.11. The van der Waals surface area contributed by atoms with Crippen LogP contribution in [0.15, 0.2) is 29.2 Å². The van der Waals surface area contributed by atoms with Gasteiger partial charge in [0.25, 0.3) is 0 Å². The molecule has 1 N–H and O–H groups in total. The minimum Gasteiger partial charge on any atom is -0.406 e. The van der Waals surface area contributed by atoms with Crippen LogP contribution in [0.2, 0.25) is 0 Å². The molecule has 0 aliphatic rings. The molecule has 9 heteroatoms. The first kappa shape index (κ1) is 16.7. The molecule has 0 spiro atoms. The monoisotopic (exact) mass is 313 g/mol. The Bertz CT molecular complexity index is 513. The zero-order valence-corrected chi connectivity index (χ0v) is 11.4. The number of hydrogen-bond donors (Lipinski definition) is 1. The molecule has 114 valence electrons. The van der Waals surface area contributed by atoms with Gasteiger partial charge in [-0.05, 0) is 31.2 Å². The van der Waals surface area contributed by atoms with Gasteiger partial charge in [0.05, 0.1) is 11.5 Å². The SMILES string of the molecule is CCOCCNS(=O)(=O)c1ccc(OC(F)(F)F)cc1. The first-order valence-electron chi connectivity index (χ1n) is 5.68. The van der Waals surface area contributed by atoms with E-state index in [2.05, 4.69) is 9.46 Å². The van der Waals surface area contributed by atoms with Crippen LogP contribution in [0.5, 0.6) is 5.75 Å². The van der Waals surface area contributed by atoms with Crippen LogP contribution in [0.3, 0.4) is 0 Å². The van der Waals surface area contributed by atoms with Crippen LogP contribution in [0.25, 0.3) is 0 Å². The lowest BCUT2D eigenvalue weighted by molar-refractivity contribution is -0.274. The highest BCUT2D eigenvalue weighted by Gasteiger charge is 2.31. The highest BCUT2D eigenvalue weighted by Crippen LogP contribution is 2.23. The molecule has 0 bridgehead atoms. The number of ether oxygens (including phenoxy) is 2. The van der Waals surface area contributed by atoms with Gasteiger partial charge in [0, 0.05) is 13.2 Å². The molecule has 0 unspecified atom stereocenters. The summed E-state index contributed by atoms with van der Waals surface area (Å²) in [6.45, 7) is 2.53. The molecule has 20 heavy (non-hydrogen) atoms. The third-order valence-corrected chi connectivity index (χ3v) is 3.59. The van der Waals surface area contributed by atoms with Crippen LogP contribution in [0.1, 0.15) is 6.92 Å². The van der Waals surface area contributed by atoms with E-state index < -0.39 is 22.1 Å². The van der Waals surface area contributed by atoms with Crippen LogP contribution in [-0.4, -0.2) is 34.5 Å². The van der Waals surface area contributed by atoms with Gasteiger partial charge in [0.1, 0.15) is 5.75 Å².